The van der Waals surface area contributed by atoms with E-state index in [1.165, 1.54) is 18.9 Å². The molecule has 0 saturated carbocycles. The lowest BCUT2D eigenvalue weighted by Gasteiger charge is -2.21. The number of hydrogen-bond donors (Lipinski definition) is 7. The van der Waals surface area contributed by atoms with Gasteiger partial charge in [-0.25, -0.2) is 13.9 Å². The lowest BCUT2D eigenvalue weighted by atomic mass is 10.0. The van der Waals surface area contributed by atoms with Gasteiger partial charge in [0.15, 0.2) is 12.3 Å². The fraction of sp³-hybridized carbons (Fsp3) is 0.689. The molecule has 1 aliphatic rings. The van der Waals surface area contributed by atoms with Crippen LogP contribution < -0.4 is 11.4 Å². The number of carbonyl (C=O) groups excluding carboxylic acids is 2. The number of aliphatic hydroxyl groups excluding tert-OH is 4. The zero-order chi connectivity index (χ0) is 49.7. The van der Waals surface area contributed by atoms with E-state index in [1.807, 2.05) is 18.2 Å². The van der Waals surface area contributed by atoms with Gasteiger partial charge < -0.3 is 50.2 Å². The van der Waals surface area contributed by atoms with E-state index in [-0.39, 0.29) is 37.9 Å². The van der Waals surface area contributed by atoms with Crippen LogP contribution in [-0.4, -0.2) is 108 Å². The van der Waals surface area contributed by atoms with Crippen LogP contribution in [0, 0.1) is 5.92 Å². The predicted octanol–water partition coefficient (Wildman–Crippen LogP) is 6.40. The Morgan fingerprint density at radius 2 is 1.37 bits per heavy atom. The third-order valence-corrected chi connectivity index (χ3v) is 12.9. The second-order valence-electron chi connectivity index (χ2n) is 16.7. The molecule has 9 atom stereocenters. The summed E-state index contributed by atoms with van der Waals surface area (Å²) in [6.07, 6.45) is 18.5. The zero-order valence-corrected chi connectivity index (χ0v) is 40.9. The summed E-state index contributed by atoms with van der Waals surface area (Å²) < 4.78 is 56.3. The lowest BCUT2D eigenvalue weighted by Crippen LogP contribution is -2.36. The van der Waals surface area contributed by atoms with Gasteiger partial charge in [0.25, 0.3) is 0 Å². The number of esters is 2. The molecule has 0 amide bonds. The first kappa shape index (κ1) is 59.8. The SMILES string of the molecule is CC/C=C\C/C=C\C/C=C\C/C=C\C[C@H](O)[C@@H](O)CCCC(=O)OC[C@H](COP(=O)(O)OP(=O)(O)OC[C@H]1O[C@@H](n2ccc(N)nc2=O)[C@H](O)[C@@H]1O)OC(=O)CCCCCCCCCC(C)C. The number of ether oxygens (including phenoxy) is 3. The van der Waals surface area contributed by atoms with Gasteiger partial charge in [0, 0.05) is 19.0 Å². The van der Waals surface area contributed by atoms with E-state index in [1.54, 1.807) is 6.08 Å². The summed E-state index contributed by atoms with van der Waals surface area (Å²) in [5.74, 6) is -0.943. The number of unbranched alkanes of at least 4 members (excludes halogenated alkanes) is 6. The molecule has 2 heterocycles. The minimum atomic E-state index is -5.48. The molecule has 1 aliphatic heterocycles. The van der Waals surface area contributed by atoms with E-state index in [9.17, 15) is 53.7 Å². The Hall–Kier alpha value is -3.36. The number of hydrogen-bond acceptors (Lipinski definition) is 17. The maximum Gasteiger partial charge on any atom is 0.481 e. The Balaban J connectivity index is 1.88. The fourth-order valence-corrected chi connectivity index (χ4v) is 8.69. The summed E-state index contributed by atoms with van der Waals surface area (Å²) >= 11 is 0. The van der Waals surface area contributed by atoms with Crippen molar-refractivity contribution in [3.05, 3.63) is 71.4 Å². The van der Waals surface area contributed by atoms with Crippen LogP contribution in [0.15, 0.2) is 65.7 Å². The molecule has 0 aromatic carbocycles. The van der Waals surface area contributed by atoms with Gasteiger partial charge in [-0.3, -0.25) is 23.2 Å². The average molecular weight is 992 g/mol. The number of rotatable bonds is 36. The number of nitrogen functional groups attached to an aromatic ring is 1. The van der Waals surface area contributed by atoms with Crippen LogP contribution in [0.3, 0.4) is 0 Å². The third kappa shape index (κ3) is 26.8. The monoisotopic (exact) mass is 991 g/mol. The maximum atomic E-state index is 12.8. The summed E-state index contributed by atoms with van der Waals surface area (Å²) in [5, 5.41) is 41.6. The molecule has 1 aromatic rings. The molecule has 1 fully saturated rings. The highest BCUT2D eigenvalue weighted by atomic mass is 31.3. The molecule has 20 nitrogen and oxygen atoms in total. The second kappa shape index (κ2) is 33.2. The first-order valence-corrected chi connectivity index (χ1v) is 26.2. The first-order chi connectivity index (χ1) is 31.8. The van der Waals surface area contributed by atoms with Gasteiger partial charge in [0.05, 0.1) is 25.4 Å². The number of nitrogens with zero attached hydrogens (tertiary/aromatic N) is 2. The van der Waals surface area contributed by atoms with Crippen LogP contribution in [0.1, 0.15) is 136 Å². The molecule has 22 heteroatoms. The Morgan fingerprint density at radius 1 is 0.791 bits per heavy atom. The van der Waals surface area contributed by atoms with Crippen molar-refractivity contribution in [1.82, 2.24) is 9.55 Å². The molecule has 0 bridgehead atoms. The van der Waals surface area contributed by atoms with Crippen LogP contribution in [0.4, 0.5) is 5.82 Å². The molecule has 1 saturated heterocycles. The van der Waals surface area contributed by atoms with E-state index in [0.717, 1.165) is 62.1 Å². The minimum Gasteiger partial charge on any atom is -0.462 e. The van der Waals surface area contributed by atoms with E-state index >= 15 is 0 Å². The summed E-state index contributed by atoms with van der Waals surface area (Å²) in [4.78, 5) is 61.7. The van der Waals surface area contributed by atoms with Gasteiger partial charge in [-0.15, -0.1) is 0 Å². The largest absolute Gasteiger partial charge is 0.481 e. The Bertz CT molecular complexity index is 1860. The van der Waals surface area contributed by atoms with Crippen molar-refractivity contribution in [3.63, 3.8) is 0 Å². The van der Waals surface area contributed by atoms with Crippen molar-refractivity contribution < 1.29 is 76.5 Å². The van der Waals surface area contributed by atoms with Crippen molar-refractivity contribution in [3.8, 4) is 0 Å². The van der Waals surface area contributed by atoms with Gasteiger partial charge in [-0.05, 0) is 63.4 Å². The number of nitrogens with two attached hydrogens (primary N) is 1. The average Bonchev–Trinajstić information content (AvgIpc) is 3.54. The van der Waals surface area contributed by atoms with Crippen LogP contribution in [0.2, 0.25) is 0 Å². The normalized spacial score (nSPS) is 21.0. The van der Waals surface area contributed by atoms with E-state index < -0.39 is 95.9 Å². The highest BCUT2D eigenvalue weighted by Crippen LogP contribution is 2.60. The molecule has 8 N–H and O–H groups in total. The van der Waals surface area contributed by atoms with Gasteiger partial charge >= 0.3 is 33.3 Å². The van der Waals surface area contributed by atoms with E-state index in [0.29, 0.717) is 18.8 Å². The standard InChI is InChI=1S/C45H75N3O17P2/c1-4-5-6-7-8-9-10-11-12-15-18-21-25-36(49)37(50)26-23-28-40(51)60-31-35(63-41(52)27-22-19-16-13-14-17-20-24-34(2)3)32-61-66(56,57)65-67(58,59)62-33-38-42(53)43(54)44(64-38)48-30-29-39(46)47-45(48)55/h5-6,8-9,11-12,18,21,29-30,34-38,42-44,49-50,53-54H,4,7,10,13-17,19-20,22-28,31-33H2,1-3H3,(H,56,57)(H,58,59)(H2,46,47,55)/b6-5-,9-8-,12-11-,21-18-/t35-,36+,37+,38-,42-,43-,44-/m1/s1. The van der Waals surface area contributed by atoms with E-state index in [2.05, 4.69) is 54.4 Å². The quantitative estimate of drug-likeness (QED) is 0.0165. The van der Waals surface area contributed by atoms with Crippen LogP contribution in [-0.2, 0) is 46.3 Å². The Morgan fingerprint density at radius 3 is 2.00 bits per heavy atom. The summed E-state index contributed by atoms with van der Waals surface area (Å²) in [6.45, 7) is 3.91. The summed E-state index contributed by atoms with van der Waals surface area (Å²) in [5.41, 5.74) is 4.55. The summed E-state index contributed by atoms with van der Waals surface area (Å²) in [7, 11) is -11.0. The topological polar surface area (TPSA) is 306 Å². The number of carbonyl (C=O) groups is 2. The molecule has 0 aliphatic carbocycles. The first-order valence-electron chi connectivity index (χ1n) is 23.2. The van der Waals surface area contributed by atoms with Gasteiger partial charge in [0.1, 0.15) is 30.7 Å². The molecule has 0 spiro atoms. The number of anilines is 1. The lowest BCUT2D eigenvalue weighted by molar-refractivity contribution is -0.161. The smallest absolute Gasteiger partial charge is 0.462 e. The minimum absolute atomic E-state index is 0.0139. The third-order valence-electron chi connectivity index (χ3n) is 10.3. The van der Waals surface area contributed by atoms with Gasteiger partial charge in [-0.1, -0.05) is 114 Å². The summed E-state index contributed by atoms with van der Waals surface area (Å²) in [6, 6.07) is 1.23. The number of phosphoric acid groups is 2. The van der Waals surface area contributed by atoms with Crippen molar-refractivity contribution >= 4 is 33.4 Å². The molecular formula is C45H75N3O17P2. The highest BCUT2D eigenvalue weighted by Gasteiger charge is 2.46. The van der Waals surface area contributed by atoms with E-state index in [4.69, 9.17) is 29.0 Å². The van der Waals surface area contributed by atoms with Gasteiger partial charge in [0.2, 0.25) is 0 Å². The highest BCUT2D eigenvalue weighted by molar-refractivity contribution is 7.61. The molecule has 382 valence electrons. The number of allylic oxidation sites excluding steroid dienone is 7. The Labute approximate surface area is 394 Å². The molecule has 2 rings (SSSR count). The van der Waals surface area contributed by atoms with Crippen LogP contribution >= 0.6 is 15.6 Å². The molecule has 2 unspecified atom stereocenters. The van der Waals surface area contributed by atoms with Crippen molar-refractivity contribution in [2.75, 3.05) is 25.6 Å². The molecule has 67 heavy (non-hydrogen) atoms. The number of phosphoric ester groups is 2. The maximum absolute atomic E-state index is 12.8. The predicted molar refractivity (Wildman–Crippen MR) is 250 cm³/mol. The zero-order valence-electron chi connectivity index (χ0n) is 39.1. The Kier molecular flexibility index (Phi) is 29.6. The second-order valence-corrected chi connectivity index (χ2v) is 19.7. The number of aliphatic hydroxyl groups is 4. The number of aromatic nitrogens is 2. The molecular weight excluding hydrogens is 916 g/mol. The van der Waals surface area contributed by atoms with Gasteiger partial charge in [-0.2, -0.15) is 9.29 Å². The van der Waals surface area contributed by atoms with Crippen molar-refractivity contribution in [2.45, 2.75) is 173 Å². The van der Waals surface area contributed by atoms with Crippen LogP contribution in [0.5, 0.6) is 0 Å². The van der Waals surface area contributed by atoms with Crippen molar-refractivity contribution in [1.29, 1.82) is 0 Å². The fourth-order valence-electron chi connectivity index (χ4n) is 6.58. The molecule has 0 radical (unpaired) electrons. The molecule has 1 aromatic heterocycles. The van der Waals surface area contributed by atoms with Crippen LogP contribution in [0.25, 0.3) is 0 Å². The van der Waals surface area contributed by atoms with Crippen molar-refractivity contribution in [2.24, 2.45) is 5.92 Å².